The van der Waals surface area contributed by atoms with Crippen molar-refractivity contribution in [1.29, 1.82) is 0 Å². The Morgan fingerprint density at radius 2 is 0.941 bits per heavy atom. The molecule has 0 heterocycles. The summed E-state index contributed by atoms with van der Waals surface area (Å²) in [7, 11) is 0. The third kappa shape index (κ3) is 4.90. The highest BCUT2D eigenvalue weighted by Gasteiger charge is 2.37. The molecule has 2 aromatic carbocycles. The Morgan fingerprint density at radius 1 is 0.588 bits per heavy atom. The van der Waals surface area contributed by atoms with E-state index in [9.17, 15) is 29.4 Å². The largest absolute Gasteiger partial charge is 0.481 e. The number of hydrogen-bond donors (Lipinski definition) is 4. The number of anilines is 2. The zero-order chi connectivity index (χ0) is 24.2. The fraction of sp³-hybridized carbons (Fsp3) is 0.462. The number of rotatable bonds is 6. The second-order valence-electron chi connectivity index (χ2n) is 9.36. The maximum absolute atomic E-state index is 13.0. The summed E-state index contributed by atoms with van der Waals surface area (Å²) in [5.41, 5.74) is 1.10. The number of fused-ring (bicyclic) bond motifs is 1. The average Bonchev–Trinajstić information content (AvgIpc) is 2.84. The summed E-state index contributed by atoms with van der Waals surface area (Å²) < 4.78 is 0. The number of carbonyl (C=O) groups is 4. The lowest BCUT2D eigenvalue weighted by molar-refractivity contribution is -0.148. The summed E-state index contributed by atoms with van der Waals surface area (Å²) in [6, 6.07) is 10.7. The Labute approximate surface area is 197 Å². The van der Waals surface area contributed by atoms with Crippen LogP contribution in [0.4, 0.5) is 11.4 Å². The molecule has 4 atom stereocenters. The maximum atomic E-state index is 13.0. The summed E-state index contributed by atoms with van der Waals surface area (Å²) in [6.45, 7) is 0. The predicted octanol–water partition coefficient (Wildman–Crippen LogP) is 4.50. The fourth-order valence-electron chi connectivity index (χ4n) is 5.46. The second-order valence-corrected chi connectivity index (χ2v) is 9.36. The van der Waals surface area contributed by atoms with Crippen LogP contribution in [0.3, 0.4) is 0 Å². The summed E-state index contributed by atoms with van der Waals surface area (Å²) >= 11 is 0. The summed E-state index contributed by atoms with van der Waals surface area (Å²) in [5, 5.41) is 26.3. The van der Waals surface area contributed by atoms with Crippen LogP contribution in [0.15, 0.2) is 36.4 Å². The summed E-state index contributed by atoms with van der Waals surface area (Å²) in [5.74, 6) is -5.02. The van der Waals surface area contributed by atoms with E-state index in [0.717, 1.165) is 36.5 Å². The molecule has 2 saturated carbocycles. The lowest BCUT2D eigenvalue weighted by Crippen LogP contribution is -2.36. The molecule has 34 heavy (non-hydrogen) atoms. The molecule has 0 unspecified atom stereocenters. The van der Waals surface area contributed by atoms with E-state index in [1.807, 2.05) is 12.1 Å². The Balaban J connectivity index is 1.56. The molecule has 2 aliphatic rings. The van der Waals surface area contributed by atoms with Crippen molar-refractivity contribution < 1.29 is 29.4 Å². The van der Waals surface area contributed by atoms with Crippen molar-refractivity contribution in [1.82, 2.24) is 0 Å². The van der Waals surface area contributed by atoms with Gasteiger partial charge in [-0.25, -0.2) is 0 Å². The van der Waals surface area contributed by atoms with Gasteiger partial charge in [0.2, 0.25) is 11.8 Å². The number of hydrogen-bond acceptors (Lipinski definition) is 4. The van der Waals surface area contributed by atoms with E-state index in [2.05, 4.69) is 10.6 Å². The number of aliphatic carboxylic acids is 2. The van der Waals surface area contributed by atoms with Crippen molar-refractivity contribution in [3.05, 3.63) is 36.4 Å². The van der Waals surface area contributed by atoms with Crippen molar-refractivity contribution in [2.24, 2.45) is 23.7 Å². The topological polar surface area (TPSA) is 133 Å². The summed E-state index contributed by atoms with van der Waals surface area (Å²) in [4.78, 5) is 49.2. The Hall–Kier alpha value is -3.42. The van der Waals surface area contributed by atoms with Crippen molar-refractivity contribution in [3.63, 3.8) is 0 Å². The van der Waals surface area contributed by atoms with Crippen LogP contribution in [0.5, 0.6) is 0 Å². The lowest BCUT2D eigenvalue weighted by Gasteiger charge is -2.28. The Kier molecular flexibility index (Phi) is 7.14. The van der Waals surface area contributed by atoms with Gasteiger partial charge in [-0.3, -0.25) is 19.2 Å². The molecule has 2 aromatic rings. The van der Waals surface area contributed by atoms with E-state index in [-0.39, 0.29) is 11.8 Å². The smallest absolute Gasteiger partial charge is 0.307 e. The van der Waals surface area contributed by atoms with Gasteiger partial charge >= 0.3 is 11.9 Å². The number of benzene rings is 2. The van der Waals surface area contributed by atoms with Gasteiger partial charge in [-0.2, -0.15) is 0 Å². The maximum Gasteiger partial charge on any atom is 0.307 e. The summed E-state index contributed by atoms with van der Waals surface area (Å²) in [6.07, 6.45) is 5.35. The number of carboxylic acids is 2. The van der Waals surface area contributed by atoms with Crippen molar-refractivity contribution in [3.8, 4) is 0 Å². The molecule has 2 aliphatic carbocycles. The van der Waals surface area contributed by atoms with Crippen LogP contribution in [0.25, 0.3) is 10.8 Å². The molecule has 0 aromatic heterocycles. The van der Waals surface area contributed by atoms with E-state index in [0.29, 0.717) is 37.1 Å². The van der Waals surface area contributed by atoms with Crippen molar-refractivity contribution >= 4 is 45.9 Å². The molecule has 180 valence electrons. The van der Waals surface area contributed by atoms with Gasteiger partial charge < -0.3 is 20.8 Å². The Bertz CT molecular complexity index is 1030. The predicted molar refractivity (Wildman–Crippen MR) is 127 cm³/mol. The van der Waals surface area contributed by atoms with Gasteiger partial charge in [0, 0.05) is 22.1 Å². The monoisotopic (exact) mass is 466 g/mol. The molecule has 0 spiro atoms. The molecule has 4 rings (SSSR count). The highest BCUT2D eigenvalue weighted by molar-refractivity contribution is 6.10. The van der Waals surface area contributed by atoms with Gasteiger partial charge in [0.15, 0.2) is 0 Å². The first-order chi connectivity index (χ1) is 16.4. The normalized spacial score (nSPS) is 24.8. The number of carboxylic acid groups (broad SMARTS) is 2. The lowest BCUT2D eigenvalue weighted by atomic mass is 9.78. The second kappa shape index (κ2) is 10.2. The van der Waals surface area contributed by atoms with E-state index in [1.165, 1.54) is 0 Å². The van der Waals surface area contributed by atoms with E-state index in [4.69, 9.17) is 0 Å². The van der Waals surface area contributed by atoms with Crippen LogP contribution in [0, 0.1) is 23.7 Å². The third-order valence-electron chi connectivity index (χ3n) is 7.28. The van der Waals surface area contributed by atoms with Gasteiger partial charge in [0.05, 0.1) is 23.7 Å². The molecule has 2 amide bonds. The highest BCUT2D eigenvalue weighted by atomic mass is 16.4. The van der Waals surface area contributed by atoms with E-state index in [1.54, 1.807) is 24.3 Å². The first-order valence-corrected chi connectivity index (χ1v) is 12.0. The van der Waals surface area contributed by atoms with Crippen molar-refractivity contribution in [2.75, 3.05) is 10.6 Å². The van der Waals surface area contributed by atoms with Gasteiger partial charge in [0.25, 0.3) is 0 Å². The standard InChI is InChI=1S/C26H30N2O6/c29-23(17-7-1-3-9-19(17)25(31)32)27-21-13-5-12-16-15(21)11-6-14-22(16)28-24(30)18-8-2-4-10-20(18)26(33)34/h5-6,11-14,17-20H,1-4,7-10H2,(H,27,29)(H,28,30)(H,31,32)(H,33,34)/t17-,18-,19+,20+/m1/s1. The molecule has 0 bridgehead atoms. The quantitative estimate of drug-likeness (QED) is 0.495. The van der Waals surface area contributed by atoms with Gasteiger partial charge in [-0.15, -0.1) is 0 Å². The molecule has 8 nitrogen and oxygen atoms in total. The SMILES string of the molecule is O=C(O)[C@H]1CCCC[C@H]1C(=O)Nc1cccc2c(NC(=O)[C@@H]3CCCC[C@@H]3C(=O)O)cccc12. The minimum atomic E-state index is -0.940. The van der Waals surface area contributed by atoms with Crippen LogP contribution in [0.1, 0.15) is 51.4 Å². The average molecular weight is 467 g/mol. The van der Waals surface area contributed by atoms with Gasteiger partial charge in [-0.05, 0) is 37.8 Å². The molecule has 2 fully saturated rings. The van der Waals surface area contributed by atoms with Crippen molar-refractivity contribution in [2.45, 2.75) is 51.4 Å². The molecule has 8 heteroatoms. The molecular formula is C26H30N2O6. The zero-order valence-corrected chi connectivity index (χ0v) is 19.0. The third-order valence-corrected chi connectivity index (χ3v) is 7.28. The molecule has 4 N–H and O–H groups in total. The molecule has 0 radical (unpaired) electrons. The molecule has 0 aliphatic heterocycles. The molecule has 0 saturated heterocycles. The Morgan fingerprint density at radius 3 is 1.29 bits per heavy atom. The van der Waals surface area contributed by atoms with Gasteiger partial charge in [0.1, 0.15) is 0 Å². The van der Waals surface area contributed by atoms with Crippen LogP contribution in [-0.2, 0) is 19.2 Å². The fourth-order valence-corrected chi connectivity index (χ4v) is 5.46. The minimum absolute atomic E-state index is 0.305. The zero-order valence-electron chi connectivity index (χ0n) is 19.0. The van der Waals surface area contributed by atoms with Crippen LogP contribution < -0.4 is 10.6 Å². The van der Waals surface area contributed by atoms with E-state index < -0.39 is 35.6 Å². The van der Waals surface area contributed by atoms with Crippen LogP contribution in [0.2, 0.25) is 0 Å². The van der Waals surface area contributed by atoms with E-state index >= 15 is 0 Å². The molecular weight excluding hydrogens is 436 g/mol. The van der Waals surface area contributed by atoms with Gasteiger partial charge in [-0.1, -0.05) is 49.9 Å². The minimum Gasteiger partial charge on any atom is -0.481 e. The number of carbonyl (C=O) groups excluding carboxylic acids is 2. The van der Waals surface area contributed by atoms with Crippen LogP contribution in [-0.4, -0.2) is 34.0 Å². The first-order valence-electron chi connectivity index (χ1n) is 12.0. The number of nitrogens with one attached hydrogen (secondary N) is 2. The highest BCUT2D eigenvalue weighted by Crippen LogP contribution is 2.35. The first kappa shape index (κ1) is 23.7. The number of amides is 2. The van der Waals surface area contributed by atoms with Crippen LogP contribution >= 0.6 is 0 Å².